The predicted molar refractivity (Wildman–Crippen MR) is 101 cm³/mol. The molecular weight excluding hydrogens is 400 g/mol. The van der Waals surface area contributed by atoms with E-state index in [4.69, 9.17) is 0 Å². The van der Waals surface area contributed by atoms with Gasteiger partial charge in [-0.15, -0.1) is 0 Å². The number of hydrogen-bond acceptors (Lipinski definition) is 0. The van der Waals surface area contributed by atoms with E-state index in [1.807, 2.05) is 0 Å². The maximum Gasteiger partial charge on any atom is 0.0245 e. The minimum atomic E-state index is 1.11. The fourth-order valence-corrected chi connectivity index (χ4v) is 5.79. The Hall–Kier alpha value is -0.600. The lowest BCUT2D eigenvalue weighted by Gasteiger charge is -2.32. The van der Waals surface area contributed by atoms with E-state index in [0.29, 0.717) is 0 Å². The summed E-state index contributed by atoms with van der Waals surface area (Å²) in [6.45, 7) is 4.52. The highest BCUT2D eigenvalue weighted by Gasteiger charge is 2.30. The average Bonchev–Trinajstić information content (AvgIpc) is 2.55. The largest absolute Gasteiger partial charge is 0.0613 e. The lowest BCUT2D eigenvalue weighted by molar-refractivity contribution is 0.854. The third-order valence-electron chi connectivity index (χ3n) is 5.34. The van der Waals surface area contributed by atoms with Gasteiger partial charge >= 0.3 is 0 Å². The number of aryl methyl sites for hydroxylation is 4. The van der Waals surface area contributed by atoms with Crippen molar-refractivity contribution in [2.45, 2.75) is 52.4 Å². The van der Waals surface area contributed by atoms with Crippen molar-refractivity contribution in [1.82, 2.24) is 0 Å². The monoisotopic (exact) mass is 418 g/mol. The molecule has 0 aliphatic heterocycles. The van der Waals surface area contributed by atoms with Gasteiger partial charge in [0.2, 0.25) is 0 Å². The van der Waals surface area contributed by atoms with Crippen molar-refractivity contribution in [3.05, 3.63) is 54.5 Å². The lowest BCUT2D eigenvalue weighted by atomic mass is 9.74. The smallest absolute Gasteiger partial charge is 0.0245 e. The van der Waals surface area contributed by atoms with Crippen molar-refractivity contribution in [3.63, 3.8) is 0 Å². The Balaban J connectivity index is 2.07. The molecule has 2 aliphatic carbocycles. The summed E-state index contributed by atoms with van der Waals surface area (Å²) in [5, 5.41) is 0. The van der Waals surface area contributed by atoms with Crippen LogP contribution in [0.1, 0.15) is 47.2 Å². The average molecular weight is 420 g/mol. The van der Waals surface area contributed by atoms with Crippen LogP contribution in [0.4, 0.5) is 0 Å². The van der Waals surface area contributed by atoms with Gasteiger partial charge < -0.3 is 0 Å². The van der Waals surface area contributed by atoms with Gasteiger partial charge in [0, 0.05) is 8.95 Å². The minimum absolute atomic E-state index is 1.11. The van der Waals surface area contributed by atoms with E-state index in [9.17, 15) is 0 Å². The minimum Gasteiger partial charge on any atom is -0.0613 e. The molecule has 0 atom stereocenters. The normalized spacial score (nSPS) is 14.9. The maximum atomic E-state index is 3.90. The number of benzene rings is 2. The molecule has 0 amide bonds. The van der Waals surface area contributed by atoms with Crippen LogP contribution >= 0.6 is 31.9 Å². The van der Waals surface area contributed by atoms with Crippen LogP contribution in [0.5, 0.6) is 0 Å². The Bertz CT molecular complexity index is 720. The lowest BCUT2D eigenvalue weighted by Crippen LogP contribution is -2.17. The zero-order valence-corrected chi connectivity index (χ0v) is 16.3. The van der Waals surface area contributed by atoms with Crippen molar-refractivity contribution in [3.8, 4) is 11.1 Å². The van der Waals surface area contributed by atoms with Gasteiger partial charge in [0.1, 0.15) is 0 Å². The molecule has 0 nitrogen and oxygen atoms in total. The third-order valence-corrected chi connectivity index (χ3v) is 7.31. The fourth-order valence-electron chi connectivity index (χ4n) is 4.21. The van der Waals surface area contributed by atoms with Gasteiger partial charge in [-0.1, -0.05) is 57.8 Å². The quantitative estimate of drug-likeness (QED) is 0.543. The fraction of sp³-hybridized carbons (Fsp3) is 0.400. The molecule has 2 aliphatic rings. The van der Waals surface area contributed by atoms with Crippen LogP contribution in [-0.2, 0) is 38.5 Å². The first-order chi connectivity index (χ1) is 10.7. The topological polar surface area (TPSA) is 0 Å². The van der Waals surface area contributed by atoms with Gasteiger partial charge in [-0.05, 0) is 83.0 Å². The molecule has 4 rings (SSSR count). The molecule has 0 saturated heterocycles. The van der Waals surface area contributed by atoms with Gasteiger partial charge in [0.25, 0.3) is 0 Å². The Morgan fingerprint density at radius 1 is 0.727 bits per heavy atom. The van der Waals surface area contributed by atoms with Crippen LogP contribution in [0.25, 0.3) is 11.1 Å². The van der Waals surface area contributed by atoms with Gasteiger partial charge in [0.05, 0.1) is 0 Å². The van der Waals surface area contributed by atoms with E-state index in [0.717, 1.165) is 25.7 Å². The highest BCUT2D eigenvalue weighted by Crippen LogP contribution is 2.48. The number of rotatable bonds is 2. The molecule has 0 saturated carbocycles. The van der Waals surface area contributed by atoms with E-state index in [1.54, 1.807) is 33.4 Å². The van der Waals surface area contributed by atoms with Gasteiger partial charge in [0.15, 0.2) is 0 Å². The van der Waals surface area contributed by atoms with Crippen molar-refractivity contribution < 1.29 is 0 Å². The second kappa shape index (κ2) is 5.49. The van der Waals surface area contributed by atoms with Gasteiger partial charge in [-0.2, -0.15) is 0 Å². The van der Waals surface area contributed by atoms with E-state index in [1.165, 1.54) is 32.9 Å². The zero-order chi connectivity index (χ0) is 15.4. The molecule has 0 radical (unpaired) electrons. The number of hydrogen-bond donors (Lipinski definition) is 0. The first kappa shape index (κ1) is 15.0. The summed E-state index contributed by atoms with van der Waals surface area (Å²) in [6.07, 6.45) is 6.93. The van der Waals surface area contributed by atoms with Gasteiger partial charge in [-0.3, -0.25) is 0 Å². The highest BCUT2D eigenvalue weighted by molar-refractivity contribution is 9.11. The van der Waals surface area contributed by atoms with Crippen LogP contribution in [0.2, 0.25) is 0 Å². The molecule has 0 spiro atoms. The summed E-state index contributed by atoms with van der Waals surface area (Å²) < 4.78 is 2.73. The van der Waals surface area contributed by atoms with Crippen LogP contribution in [0, 0.1) is 0 Å². The van der Waals surface area contributed by atoms with Crippen LogP contribution in [0.3, 0.4) is 0 Å². The summed E-state index contributed by atoms with van der Waals surface area (Å²) in [5.41, 5.74) is 12.3. The summed E-state index contributed by atoms with van der Waals surface area (Å²) in [5.74, 6) is 0. The molecule has 114 valence electrons. The standard InChI is InChI=1S/C20H20Br2/c1-3-11-9-13-5-6-14-10-12(4-2)20(22)16-8-7-15(19(11)21)17(13)18(14)16/h9-10H,3-8H2,1-2H3. The molecule has 0 bridgehead atoms. The zero-order valence-electron chi connectivity index (χ0n) is 13.2. The van der Waals surface area contributed by atoms with Crippen LogP contribution < -0.4 is 0 Å². The molecule has 2 heteroatoms. The second-order valence-electron chi connectivity index (χ2n) is 6.43. The molecule has 2 aromatic rings. The summed E-state index contributed by atoms with van der Waals surface area (Å²) in [6, 6.07) is 4.89. The molecular formula is C20H20Br2. The van der Waals surface area contributed by atoms with Gasteiger partial charge in [-0.25, -0.2) is 0 Å². The van der Waals surface area contributed by atoms with Crippen molar-refractivity contribution in [1.29, 1.82) is 0 Å². The molecule has 0 N–H and O–H groups in total. The molecule has 2 aromatic carbocycles. The highest BCUT2D eigenvalue weighted by atomic mass is 79.9. The van der Waals surface area contributed by atoms with Crippen molar-refractivity contribution in [2.75, 3.05) is 0 Å². The molecule has 0 heterocycles. The Morgan fingerprint density at radius 2 is 1.14 bits per heavy atom. The van der Waals surface area contributed by atoms with Crippen LogP contribution in [-0.4, -0.2) is 0 Å². The Morgan fingerprint density at radius 3 is 1.50 bits per heavy atom. The SMILES string of the molecule is CCc1cc2c3c(c1Br)CCc1c(Br)c(CC)cc(c1-3)CC2. The van der Waals surface area contributed by atoms with Crippen molar-refractivity contribution in [2.24, 2.45) is 0 Å². The van der Waals surface area contributed by atoms with E-state index >= 15 is 0 Å². The summed E-state index contributed by atoms with van der Waals surface area (Å²) in [7, 11) is 0. The first-order valence-electron chi connectivity index (χ1n) is 8.32. The van der Waals surface area contributed by atoms with E-state index in [-0.39, 0.29) is 0 Å². The first-order valence-corrected chi connectivity index (χ1v) is 9.90. The predicted octanol–water partition coefficient (Wildman–Crippen LogP) is 6.20. The summed E-state index contributed by atoms with van der Waals surface area (Å²) in [4.78, 5) is 0. The Kier molecular flexibility index (Phi) is 3.73. The number of halogens is 2. The molecule has 22 heavy (non-hydrogen) atoms. The Labute approximate surface area is 149 Å². The van der Waals surface area contributed by atoms with E-state index in [2.05, 4.69) is 57.8 Å². The third kappa shape index (κ3) is 1.99. The molecule has 0 fully saturated rings. The molecule has 0 unspecified atom stereocenters. The van der Waals surface area contributed by atoms with Crippen LogP contribution in [0.15, 0.2) is 21.1 Å². The second-order valence-corrected chi connectivity index (χ2v) is 8.02. The van der Waals surface area contributed by atoms with E-state index < -0.39 is 0 Å². The van der Waals surface area contributed by atoms with Crippen molar-refractivity contribution >= 4 is 31.9 Å². The maximum absolute atomic E-state index is 3.90. The summed E-state index contributed by atoms with van der Waals surface area (Å²) >= 11 is 7.79. The molecule has 0 aromatic heterocycles.